The lowest BCUT2D eigenvalue weighted by atomic mass is 10.2. The van der Waals surface area contributed by atoms with Crippen LogP contribution in [-0.2, 0) is 11.8 Å². The van der Waals surface area contributed by atoms with Crippen molar-refractivity contribution in [3.63, 3.8) is 0 Å². The number of hydrogen-bond donors (Lipinski definition) is 2. The number of aromatic nitrogens is 2. The van der Waals surface area contributed by atoms with Crippen molar-refractivity contribution >= 4 is 11.9 Å². The number of carbonyl (C=O) groups excluding carboxylic acids is 1. The van der Waals surface area contributed by atoms with E-state index in [4.69, 9.17) is 10.5 Å². The highest BCUT2D eigenvalue weighted by molar-refractivity contribution is 5.68. The number of nitrogens with zero attached hydrogens (tertiary/aromatic N) is 2. The Labute approximate surface area is 101 Å². The fourth-order valence-corrected chi connectivity index (χ4v) is 1.36. The van der Waals surface area contributed by atoms with Gasteiger partial charge in [0.05, 0.1) is 12.2 Å². The predicted molar refractivity (Wildman–Crippen MR) is 65.4 cm³/mol. The lowest BCUT2D eigenvalue weighted by molar-refractivity contribution is 0.0508. The molecule has 17 heavy (non-hydrogen) atoms. The Hall–Kier alpha value is -1.72. The molecule has 1 aromatic heterocycles. The van der Waals surface area contributed by atoms with E-state index in [1.807, 2.05) is 27.7 Å². The summed E-state index contributed by atoms with van der Waals surface area (Å²) < 4.78 is 6.72. The summed E-state index contributed by atoms with van der Waals surface area (Å²) in [5.41, 5.74) is 6.08. The average molecular weight is 240 g/mol. The minimum absolute atomic E-state index is 0.237. The fourth-order valence-electron chi connectivity index (χ4n) is 1.36. The van der Waals surface area contributed by atoms with Gasteiger partial charge in [-0.15, -0.1) is 0 Å². The number of amides is 1. The number of rotatable bonds is 2. The Morgan fingerprint density at radius 2 is 2.18 bits per heavy atom. The maximum atomic E-state index is 11.6. The SMILES string of the molecule is C[C@@H](NC(=O)OC(C)(C)C)c1cnn(C)c1N. The molecule has 0 radical (unpaired) electrons. The monoisotopic (exact) mass is 240 g/mol. The lowest BCUT2D eigenvalue weighted by Crippen LogP contribution is -2.34. The molecule has 0 aliphatic heterocycles. The van der Waals surface area contributed by atoms with Gasteiger partial charge in [-0.25, -0.2) is 4.79 Å². The van der Waals surface area contributed by atoms with Gasteiger partial charge in [0.2, 0.25) is 0 Å². The quantitative estimate of drug-likeness (QED) is 0.822. The van der Waals surface area contributed by atoms with E-state index in [1.165, 1.54) is 0 Å². The van der Waals surface area contributed by atoms with E-state index in [0.717, 1.165) is 5.56 Å². The largest absolute Gasteiger partial charge is 0.444 e. The maximum Gasteiger partial charge on any atom is 0.408 e. The Balaban J connectivity index is 2.64. The summed E-state index contributed by atoms with van der Waals surface area (Å²) in [4.78, 5) is 11.6. The first kappa shape index (κ1) is 13.3. The smallest absolute Gasteiger partial charge is 0.408 e. The van der Waals surface area contributed by atoms with Crippen LogP contribution < -0.4 is 11.1 Å². The van der Waals surface area contributed by atoms with Gasteiger partial charge in [0.25, 0.3) is 0 Å². The number of nitrogen functional groups attached to an aromatic ring is 1. The van der Waals surface area contributed by atoms with Crippen LogP contribution in [0, 0.1) is 0 Å². The molecule has 6 nitrogen and oxygen atoms in total. The van der Waals surface area contributed by atoms with Crippen LogP contribution >= 0.6 is 0 Å². The molecule has 0 spiro atoms. The van der Waals surface area contributed by atoms with Crippen LogP contribution in [-0.4, -0.2) is 21.5 Å². The van der Waals surface area contributed by atoms with Crippen molar-refractivity contribution in [2.75, 3.05) is 5.73 Å². The van der Waals surface area contributed by atoms with Gasteiger partial charge in [0.1, 0.15) is 11.4 Å². The van der Waals surface area contributed by atoms with Gasteiger partial charge in [-0.1, -0.05) is 0 Å². The number of alkyl carbamates (subject to hydrolysis) is 1. The molecule has 1 aromatic rings. The molecule has 3 N–H and O–H groups in total. The molecule has 0 unspecified atom stereocenters. The lowest BCUT2D eigenvalue weighted by Gasteiger charge is -2.21. The first-order valence-electron chi connectivity index (χ1n) is 5.47. The normalized spacial score (nSPS) is 13.2. The standard InChI is InChI=1S/C11H20N4O2/c1-7(8-6-13-15(5)9(8)12)14-10(16)17-11(2,3)4/h6-7H,12H2,1-5H3,(H,14,16)/t7-/m1/s1. The zero-order valence-corrected chi connectivity index (χ0v) is 10.9. The van der Waals surface area contributed by atoms with Crippen molar-refractivity contribution in [2.45, 2.75) is 39.3 Å². The highest BCUT2D eigenvalue weighted by Crippen LogP contribution is 2.19. The molecule has 1 rings (SSSR count). The van der Waals surface area contributed by atoms with Crippen molar-refractivity contribution < 1.29 is 9.53 Å². The molecular weight excluding hydrogens is 220 g/mol. The van der Waals surface area contributed by atoms with Crippen LogP contribution in [0.1, 0.15) is 39.3 Å². The Morgan fingerprint density at radius 1 is 1.59 bits per heavy atom. The van der Waals surface area contributed by atoms with Crippen LogP contribution in [0.2, 0.25) is 0 Å². The van der Waals surface area contributed by atoms with Crippen molar-refractivity contribution in [1.29, 1.82) is 0 Å². The first-order valence-corrected chi connectivity index (χ1v) is 5.47. The number of nitrogens with one attached hydrogen (secondary N) is 1. The second-order valence-electron chi connectivity index (χ2n) is 4.98. The minimum Gasteiger partial charge on any atom is -0.444 e. The molecular formula is C11H20N4O2. The predicted octanol–water partition coefficient (Wildman–Crippen LogP) is 1.59. The third-order valence-electron chi connectivity index (χ3n) is 2.21. The van der Waals surface area contributed by atoms with Crippen molar-refractivity contribution in [3.8, 4) is 0 Å². The van der Waals surface area contributed by atoms with E-state index < -0.39 is 11.7 Å². The van der Waals surface area contributed by atoms with E-state index in [9.17, 15) is 4.79 Å². The maximum absolute atomic E-state index is 11.6. The molecule has 0 bridgehead atoms. The van der Waals surface area contributed by atoms with E-state index in [1.54, 1.807) is 17.9 Å². The average Bonchev–Trinajstić information content (AvgIpc) is 2.44. The third kappa shape index (κ3) is 3.65. The topological polar surface area (TPSA) is 82.2 Å². The first-order chi connectivity index (χ1) is 7.70. The molecule has 96 valence electrons. The van der Waals surface area contributed by atoms with E-state index >= 15 is 0 Å². The summed E-state index contributed by atoms with van der Waals surface area (Å²) in [5, 5.41) is 6.73. The van der Waals surface area contributed by atoms with Crippen molar-refractivity contribution in [2.24, 2.45) is 7.05 Å². The second kappa shape index (κ2) is 4.65. The molecule has 1 amide bonds. The number of carbonyl (C=O) groups is 1. The van der Waals surface area contributed by atoms with Crippen LogP contribution in [0.4, 0.5) is 10.6 Å². The van der Waals surface area contributed by atoms with E-state index in [0.29, 0.717) is 5.82 Å². The van der Waals surface area contributed by atoms with Crippen LogP contribution in [0.5, 0.6) is 0 Å². The van der Waals surface area contributed by atoms with Gasteiger partial charge in [-0.2, -0.15) is 5.10 Å². The molecule has 0 saturated heterocycles. The number of nitrogens with two attached hydrogens (primary N) is 1. The number of hydrogen-bond acceptors (Lipinski definition) is 4. The molecule has 6 heteroatoms. The number of aryl methyl sites for hydroxylation is 1. The highest BCUT2D eigenvalue weighted by atomic mass is 16.6. The summed E-state index contributed by atoms with van der Waals surface area (Å²) in [6, 6.07) is -0.237. The molecule has 0 aliphatic carbocycles. The van der Waals surface area contributed by atoms with Crippen LogP contribution in [0.15, 0.2) is 6.20 Å². The number of ether oxygens (including phenoxy) is 1. The van der Waals surface area contributed by atoms with Gasteiger partial charge in [0, 0.05) is 12.6 Å². The van der Waals surface area contributed by atoms with Crippen LogP contribution in [0.25, 0.3) is 0 Å². The summed E-state index contributed by atoms with van der Waals surface area (Å²) in [5.74, 6) is 0.536. The highest BCUT2D eigenvalue weighted by Gasteiger charge is 2.20. The number of anilines is 1. The zero-order chi connectivity index (χ0) is 13.2. The summed E-state index contributed by atoms with van der Waals surface area (Å²) in [6.07, 6.45) is 1.17. The van der Waals surface area contributed by atoms with E-state index in [-0.39, 0.29) is 6.04 Å². The Morgan fingerprint density at radius 3 is 2.59 bits per heavy atom. The second-order valence-corrected chi connectivity index (χ2v) is 4.98. The van der Waals surface area contributed by atoms with Gasteiger partial charge < -0.3 is 15.8 Å². The molecule has 0 fully saturated rings. The van der Waals surface area contributed by atoms with Gasteiger partial charge >= 0.3 is 6.09 Å². The van der Waals surface area contributed by atoms with Crippen molar-refractivity contribution in [1.82, 2.24) is 15.1 Å². The summed E-state index contributed by atoms with van der Waals surface area (Å²) in [7, 11) is 1.75. The Kier molecular flexibility index (Phi) is 3.65. The molecule has 0 aliphatic rings. The zero-order valence-electron chi connectivity index (χ0n) is 10.9. The Bertz CT molecular complexity index is 406. The summed E-state index contributed by atoms with van der Waals surface area (Å²) >= 11 is 0. The molecule has 0 saturated carbocycles. The van der Waals surface area contributed by atoms with Crippen molar-refractivity contribution in [3.05, 3.63) is 11.8 Å². The summed E-state index contributed by atoms with van der Waals surface area (Å²) in [6.45, 7) is 7.28. The van der Waals surface area contributed by atoms with Crippen LogP contribution in [0.3, 0.4) is 0 Å². The van der Waals surface area contributed by atoms with Gasteiger partial charge in [-0.3, -0.25) is 4.68 Å². The minimum atomic E-state index is -0.510. The molecule has 1 atom stereocenters. The molecule has 1 heterocycles. The molecule has 0 aromatic carbocycles. The third-order valence-corrected chi connectivity index (χ3v) is 2.21. The van der Waals surface area contributed by atoms with Gasteiger partial charge in [0.15, 0.2) is 0 Å². The van der Waals surface area contributed by atoms with E-state index in [2.05, 4.69) is 10.4 Å². The van der Waals surface area contributed by atoms with Gasteiger partial charge in [-0.05, 0) is 27.7 Å². The fraction of sp³-hybridized carbons (Fsp3) is 0.636.